The summed E-state index contributed by atoms with van der Waals surface area (Å²) in [4.78, 5) is 0. The maximum atomic E-state index is 5.71. The van der Waals surface area contributed by atoms with Gasteiger partial charge >= 0.3 is 0 Å². The quantitative estimate of drug-likeness (QED) is 0.560. The van der Waals surface area contributed by atoms with Gasteiger partial charge in [-0.25, -0.2) is 0 Å². The van der Waals surface area contributed by atoms with Crippen LogP contribution in [0.5, 0.6) is 0 Å². The molecule has 2 N–H and O–H groups in total. The summed E-state index contributed by atoms with van der Waals surface area (Å²) in [6.07, 6.45) is 3.76. The van der Waals surface area contributed by atoms with E-state index in [0.29, 0.717) is 11.5 Å². The summed E-state index contributed by atoms with van der Waals surface area (Å²) in [5.41, 5.74) is 6.25. The molecule has 2 heteroatoms. The van der Waals surface area contributed by atoms with Crippen LogP contribution in [-0.4, -0.2) is 6.04 Å². The Kier molecular flexibility index (Phi) is 2.97. The minimum atomic E-state index is 0. The van der Waals surface area contributed by atoms with E-state index in [9.17, 15) is 0 Å². The van der Waals surface area contributed by atoms with Crippen molar-refractivity contribution in [2.24, 2.45) is 11.1 Å². The number of hydrogen-bond donors (Lipinski definition) is 1. The summed E-state index contributed by atoms with van der Waals surface area (Å²) in [6.45, 7) is 4.58. The van der Waals surface area contributed by atoms with E-state index in [-0.39, 0.29) is 12.4 Å². The minimum Gasteiger partial charge on any atom is -0.328 e. The van der Waals surface area contributed by atoms with Crippen molar-refractivity contribution in [2.45, 2.75) is 39.2 Å². The van der Waals surface area contributed by atoms with Gasteiger partial charge in [0, 0.05) is 6.04 Å². The van der Waals surface area contributed by atoms with Gasteiger partial charge in [0.1, 0.15) is 0 Å². The zero-order valence-corrected chi connectivity index (χ0v) is 7.00. The number of rotatable bonds is 0. The van der Waals surface area contributed by atoms with Crippen molar-refractivity contribution < 1.29 is 0 Å². The summed E-state index contributed by atoms with van der Waals surface area (Å²) in [6, 6.07) is 0.491. The maximum Gasteiger partial charge on any atom is 0.00441 e. The Labute approximate surface area is 63.4 Å². The standard InChI is InChI=1S/C7H15N.ClH/c1-7(2)4-3-6(8)5-7;/h6H,3-5,8H2,1-2H3;1H. The van der Waals surface area contributed by atoms with E-state index in [1.54, 1.807) is 0 Å². The van der Waals surface area contributed by atoms with Crippen LogP contribution in [-0.2, 0) is 0 Å². The van der Waals surface area contributed by atoms with Gasteiger partial charge in [0.05, 0.1) is 0 Å². The molecule has 1 unspecified atom stereocenters. The fraction of sp³-hybridized carbons (Fsp3) is 1.00. The van der Waals surface area contributed by atoms with Crippen LogP contribution in [0.2, 0.25) is 0 Å². The average Bonchev–Trinajstić information content (AvgIpc) is 1.82. The number of hydrogen-bond acceptors (Lipinski definition) is 1. The molecule has 1 nitrogen and oxygen atoms in total. The van der Waals surface area contributed by atoms with E-state index in [4.69, 9.17) is 5.73 Å². The molecule has 0 heterocycles. The third kappa shape index (κ3) is 2.55. The Morgan fingerprint density at radius 2 is 2.00 bits per heavy atom. The molecule has 0 aliphatic heterocycles. The molecule has 0 spiro atoms. The third-order valence-corrected chi connectivity index (χ3v) is 2.01. The van der Waals surface area contributed by atoms with Gasteiger partial charge in [0.15, 0.2) is 0 Å². The van der Waals surface area contributed by atoms with E-state index in [0.717, 1.165) is 0 Å². The molecule has 1 saturated carbocycles. The fourth-order valence-corrected chi connectivity index (χ4v) is 1.49. The van der Waals surface area contributed by atoms with Crippen molar-refractivity contribution in [3.63, 3.8) is 0 Å². The predicted molar refractivity (Wildman–Crippen MR) is 42.9 cm³/mol. The van der Waals surface area contributed by atoms with Gasteiger partial charge in [0.2, 0.25) is 0 Å². The van der Waals surface area contributed by atoms with Crippen LogP contribution in [0.15, 0.2) is 0 Å². The van der Waals surface area contributed by atoms with Gasteiger partial charge in [-0.3, -0.25) is 0 Å². The lowest BCUT2D eigenvalue weighted by molar-refractivity contribution is 0.376. The molecule has 0 saturated heterocycles. The number of nitrogens with two attached hydrogens (primary N) is 1. The van der Waals surface area contributed by atoms with Gasteiger partial charge in [-0.1, -0.05) is 13.8 Å². The van der Waals surface area contributed by atoms with Gasteiger partial charge in [0.25, 0.3) is 0 Å². The maximum absolute atomic E-state index is 5.71. The van der Waals surface area contributed by atoms with Crippen molar-refractivity contribution in [2.75, 3.05) is 0 Å². The summed E-state index contributed by atoms with van der Waals surface area (Å²) in [7, 11) is 0. The molecule has 0 radical (unpaired) electrons. The molecule has 1 rings (SSSR count). The van der Waals surface area contributed by atoms with Crippen molar-refractivity contribution in [1.29, 1.82) is 0 Å². The van der Waals surface area contributed by atoms with Crippen molar-refractivity contribution in [3.8, 4) is 0 Å². The molecule has 0 aromatic rings. The lowest BCUT2D eigenvalue weighted by Gasteiger charge is -2.14. The minimum absolute atomic E-state index is 0. The largest absolute Gasteiger partial charge is 0.328 e. The van der Waals surface area contributed by atoms with E-state index >= 15 is 0 Å². The Hall–Kier alpha value is 0.250. The summed E-state index contributed by atoms with van der Waals surface area (Å²) >= 11 is 0. The lowest BCUT2D eigenvalue weighted by Crippen LogP contribution is -2.16. The highest BCUT2D eigenvalue weighted by Crippen LogP contribution is 2.35. The molecule has 0 aromatic carbocycles. The Balaban J connectivity index is 0.000000640. The van der Waals surface area contributed by atoms with Gasteiger partial charge in [-0.05, 0) is 24.7 Å². The first kappa shape index (κ1) is 9.25. The summed E-state index contributed by atoms with van der Waals surface area (Å²) in [5, 5.41) is 0. The molecule has 1 aliphatic carbocycles. The average molecular weight is 150 g/mol. The normalized spacial score (nSPS) is 31.7. The first-order valence-corrected chi connectivity index (χ1v) is 3.36. The van der Waals surface area contributed by atoms with E-state index in [2.05, 4.69) is 13.8 Å². The van der Waals surface area contributed by atoms with Crippen LogP contribution in [0.25, 0.3) is 0 Å². The Bertz CT molecular complexity index is 90.9. The van der Waals surface area contributed by atoms with Gasteiger partial charge in [-0.15, -0.1) is 12.4 Å². The highest BCUT2D eigenvalue weighted by atomic mass is 35.5. The Morgan fingerprint density at radius 1 is 1.44 bits per heavy atom. The zero-order valence-electron chi connectivity index (χ0n) is 6.18. The second-order valence-electron chi connectivity index (χ2n) is 3.67. The van der Waals surface area contributed by atoms with E-state index < -0.39 is 0 Å². The molecule has 9 heavy (non-hydrogen) atoms. The van der Waals surface area contributed by atoms with Crippen LogP contribution < -0.4 is 5.73 Å². The van der Waals surface area contributed by atoms with Crippen LogP contribution in [0.1, 0.15) is 33.1 Å². The SMILES string of the molecule is CC1(C)CCC(N)C1.Cl. The smallest absolute Gasteiger partial charge is 0.00441 e. The first-order valence-electron chi connectivity index (χ1n) is 3.36. The molecule has 1 fully saturated rings. The first-order chi connectivity index (χ1) is 3.60. The van der Waals surface area contributed by atoms with E-state index in [1.807, 2.05) is 0 Å². The fourth-order valence-electron chi connectivity index (χ4n) is 1.49. The molecule has 0 bridgehead atoms. The van der Waals surface area contributed by atoms with Crippen LogP contribution in [0.4, 0.5) is 0 Å². The molecular formula is C7H16ClN. The molecule has 1 atom stereocenters. The van der Waals surface area contributed by atoms with Crippen LogP contribution in [0.3, 0.4) is 0 Å². The lowest BCUT2D eigenvalue weighted by atomic mass is 9.92. The van der Waals surface area contributed by atoms with Crippen molar-refractivity contribution in [1.82, 2.24) is 0 Å². The predicted octanol–water partition coefficient (Wildman–Crippen LogP) is 1.95. The molecule has 0 amide bonds. The number of halogens is 1. The van der Waals surface area contributed by atoms with Crippen molar-refractivity contribution >= 4 is 12.4 Å². The van der Waals surface area contributed by atoms with Crippen LogP contribution in [0, 0.1) is 5.41 Å². The van der Waals surface area contributed by atoms with Gasteiger partial charge < -0.3 is 5.73 Å². The third-order valence-electron chi connectivity index (χ3n) is 2.01. The van der Waals surface area contributed by atoms with E-state index in [1.165, 1.54) is 19.3 Å². The zero-order chi connectivity index (χ0) is 6.20. The molecule has 0 aromatic heterocycles. The topological polar surface area (TPSA) is 26.0 Å². The van der Waals surface area contributed by atoms with Gasteiger partial charge in [-0.2, -0.15) is 0 Å². The monoisotopic (exact) mass is 149 g/mol. The summed E-state index contributed by atoms with van der Waals surface area (Å²) < 4.78 is 0. The highest BCUT2D eigenvalue weighted by Gasteiger charge is 2.27. The Morgan fingerprint density at radius 3 is 2.11 bits per heavy atom. The molecular weight excluding hydrogens is 134 g/mol. The molecule has 1 aliphatic rings. The second-order valence-corrected chi connectivity index (χ2v) is 3.67. The van der Waals surface area contributed by atoms with Crippen LogP contribution >= 0.6 is 12.4 Å². The van der Waals surface area contributed by atoms with Crippen molar-refractivity contribution in [3.05, 3.63) is 0 Å². The summed E-state index contributed by atoms with van der Waals surface area (Å²) in [5.74, 6) is 0. The second kappa shape index (κ2) is 2.89. The molecule has 56 valence electrons. The highest BCUT2D eigenvalue weighted by molar-refractivity contribution is 5.85.